The summed E-state index contributed by atoms with van der Waals surface area (Å²) in [5.74, 6) is 1.43. The summed E-state index contributed by atoms with van der Waals surface area (Å²) in [5.41, 5.74) is 1.92. The van der Waals surface area contributed by atoms with E-state index in [9.17, 15) is 4.79 Å². The van der Waals surface area contributed by atoms with Crippen LogP contribution in [0.5, 0.6) is 0 Å². The first-order valence-electron chi connectivity index (χ1n) is 9.25. The van der Waals surface area contributed by atoms with E-state index in [0.717, 1.165) is 31.8 Å². The second-order valence-electron chi connectivity index (χ2n) is 6.75. The molecule has 0 radical (unpaired) electrons. The van der Waals surface area contributed by atoms with E-state index in [0.29, 0.717) is 17.8 Å². The van der Waals surface area contributed by atoms with Gasteiger partial charge in [0.05, 0.1) is 10.6 Å². The monoisotopic (exact) mass is 423 g/mol. The molecule has 0 saturated carbocycles. The molecule has 0 spiro atoms. The molecule has 0 amide bonds. The van der Waals surface area contributed by atoms with Gasteiger partial charge in [-0.1, -0.05) is 48.2 Å². The fourth-order valence-corrected chi connectivity index (χ4v) is 5.10. The normalized spacial score (nSPS) is 12.4. The second kappa shape index (κ2) is 7.96. The van der Waals surface area contributed by atoms with Crippen LogP contribution >= 0.6 is 23.1 Å². The molecule has 1 atom stereocenters. The number of thioether (sulfide) groups is 1. The summed E-state index contributed by atoms with van der Waals surface area (Å²) >= 11 is 3.08. The van der Waals surface area contributed by atoms with Crippen molar-refractivity contribution >= 4 is 33.3 Å². The van der Waals surface area contributed by atoms with Gasteiger partial charge in [0, 0.05) is 17.0 Å². The van der Waals surface area contributed by atoms with Gasteiger partial charge in [0.25, 0.3) is 5.56 Å². The Bertz CT molecular complexity index is 1240. The van der Waals surface area contributed by atoms with Crippen LogP contribution in [0.4, 0.5) is 0 Å². The number of nitrogens with zero attached hydrogens (tertiary/aromatic N) is 4. The van der Waals surface area contributed by atoms with Crippen molar-refractivity contribution in [2.75, 3.05) is 0 Å². The third-order valence-electron chi connectivity index (χ3n) is 4.79. The lowest BCUT2D eigenvalue weighted by Crippen LogP contribution is -2.13. The largest absolute Gasteiger partial charge is 0.309 e. The number of hydrogen-bond donors (Lipinski definition) is 1. The summed E-state index contributed by atoms with van der Waals surface area (Å²) in [5, 5.41) is 10.1. The van der Waals surface area contributed by atoms with Gasteiger partial charge in [0.1, 0.15) is 10.7 Å². The lowest BCUT2D eigenvalue weighted by Gasteiger charge is -2.12. The maximum absolute atomic E-state index is 12.6. The molecule has 1 N–H and O–H groups in total. The van der Waals surface area contributed by atoms with Crippen LogP contribution in [-0.2, 0) is 6.54 Å². The van der Waals surface area contributed by atoms with E-state index in [2.05, 4.69) is 21.8 Å². The summed E-state index contributed by atoms with van der Waals surface area (Å²) in [6.07, 6.45) is 1.83. The molecule has 0 aliphatic carbocycles. The van der Waals surface area contributed by atoms with E-state index >= 15 is 0 Å². The van der Waals surface area contributed by atoms with Gasteiger partial charge in [-0.05, 0) is 26.3 Å². The van der Waals surface area contributed by atoms with Crippen LogP contribution in [-0.4, -0.2) is 24.7 Å². The van der Waals surface area contributed by atoms with Gasteiger partial charge < -0.3 is 4.98 Å². The summed E-state index contributed by atoms with van der Waals surface area (Å²) in [6, 6.07) is 9.95. The highest BCUT2D eigenvalue weighted by molar-refractivity contribution is 7.99. The molecular weight excluding hydrogens is 402 g/mol. The van der Waals surface area contributed by atoms with Crippen molar-refractivity contribution in [3.05, 3.63) is 69.6 Å². The third kappa shape index (κ3) is 3.65. The van der Waals surface area contributed by atoms with Gasteiger partial charge in [-0.25, -0.2) is 4.98 Å². The van der Waals surface area contributed by atoms with Crippen molar-refractivity contribution in [3.63, 3.8) is 0 Å². The third-order valence-corrected chi connectivity index (χ3v) is 6.98. The molecule has 3 aromatic heterocycles. The Hall–Kier alpha value is -2.71. The molecule has 4 aromatic rings. The first-order valence-corrected chi connectivity index (χ1v) is 10.9. The van der Waals surface area contributed by atoms with Crippen LogP contribution in [0, 0.1) is 13.8 Å². The molecule has 0 bridgehead atoms. The topological polar surface area (TPSA) is 76.5 Å². The predicted molar refractivity (Wildman–Crippen MR) is 120 cm³/mol. The van der Waals surface area contributed by atoms with E-state index in [1.165, 1.54) is 11.8 Å². The van der Waals surface area contributed by atoms with Gasteiger partial charge in [0.2, 0.25) is 0 Å². The highest BCUT2D eigenvalue weighted by Crippen LogP contribution is 2.35. The second-order valence-corrected chi connectivity index (χ2v) is 9.26. The van der Waals surface area contributed by atoms with Crippen LogP contribution in [0.3, 0.4) is 0 Å². The molecule has 1 unspecified atom stereocenters. The lowest BCUT2D eigenvalue weighted by atomic mass is 10.2. The van der Waals surface area contributed by atoms with E-state index in [4.69, 9.17) is 4.98 Å². The molecule has 1 aromatic carbocycles. The standard InChI is InChI=1S/C21H21N5OS2/c1-5-11-26-18(15-9-7-6-8-10-15)24-25-21(26)29-14(4)17-22-19(27)16-12(2)13(3)28-20(16)23-17/h5-10,14H,1,11H2,2-4H3,(H,22,23,27). The van der Waals surface area contributed by atoms with Crippen molar-refractivity contribution in [1.29, 1.82) is 0 Å². The number of nitrogens with one attached hydrogen (secondary N) is 1. The molecule has 0 fully saturated rings. The highest BCUT2D eigenvalue weighted by atomic mass is 32.2. The minimum atomic E-state index is -0.0915. The Morgan fingerprint density at radius 3 is 2.76 bits per heavy atom. The number of hydrogen-bond acceptors (Lipinski definition) is 6. The zero-order chi connectivity index (χ0) is 20.5. The van der Waals surface area contributed by atoms with Crippen LogP contribution in [0.25, 0.3) is 21.6 Å². The zero-order valence-electron chi connectivity index (χ0n) is 16.5. The molecule has 29 heavy (non-hydrogen) atoms. The fourth-order valence-electron chi connectivity index (χ4n) is 3.15. The highest BCUT2D eigenvalue weighted by Gasteiger charge is 2.20. The molecule has 3 heterocycles. The van der Waals surface area contributed by atoms with Crippen molar-refractivity contribution in [2.45, 2.75) is 37.7 Å². The van der Waals surface area contributed by atoms with E-state index < -0.39 is 0 Å². The Morgan fingerprint density at radius 2 is 2.03 bits per heavy atom. The summed E-state index contributed by atoms with van der Waals surface area (Å²) in [7, 11) is 0. The summed E-state index contributed by atoms with van der Waals surface area (Å²) in [4.78, 5) is 22.2. The zero-order valence-corrected chi connectivity index (χ0v) is 18.1. The fraction of sp³-hybridized carbons (Fsp3) is 0.238. The number of fused-ring (bicyclic) bond motifs is 1. The quantitative estimate of drug-likeness (QED) is 0.353. The number of benzene rings is 1. The van der Waals surface area contributed by atoms with Crippen LogP contribution in [0.1, 0.15) is 28.4 Å². The smallest absolute Gasteiger partial charge is 0.259 e. The first-order chi connectivity index (χ1) is 14.0. The Balaban J connectivity index is 1.69. The van der Waals surface area contributed by atoms with Gasteiger partial charge in [-0.15, -0.1) is 28.1 Å². The minimum absolute atomic E-state index is 0.0863. The van der Waals surface area contributed by atoms with Crippen molar-refractivity contribution in [3.8, 4) is 11.4 Å². The number of rotatable bonds is 6. The van der Waals surface area contributed by atoms with Gasteiger partial charge >= 0.3 is 0 Å². The Labute approximate surface area is 176 Å². The van der Waals surface area contributed by atoms with Crippen molar-refractivity contribution < 1.29 is 0 Å². The lowest BCUT2D eigenvalue weighted by molar-refractivity contribution is 0.727. The maximum atomic E-state index is 12.6. The Kier molecular flexibility index (Phi) is 5.38. The number of thiophene rings is 1. The summed E-state index contributed by atoms with van der Waals surface area (Å²) < 4.78 is 2.03. The molecule has 0 saturated heterocycles. The van der Waals surface area contributed by atoms with Crippen molar-refractivity contribution in [1.82, 2.24) is 24.7 Å². The minimum Gasteiger partial charge on any atom is -0.309 e. The van der Waals surface area contributed by atoms with Crippen LogP contribution in [0.2, 0.25) is 0 Å². The van der Waals surface area contributed by atoms with Crippen LogP contribution < -0.4 is 5.56 Å². The first kappa shape index (κ1) is 19.6. The summed E-state index contributed by atoms with van der Waals surface area (Å²) in [6.45, 7) is 10.4. The van der Waals surface area contributed by atoms with Gasteiger partial charge in [-0.2, -0.15) is 0 Å². The molecule has 6 nitrogen and oxygen atoms in total. The van der Waals surface area contributed by atoms with Crippen LogP contribution in [0.15, 0.2) is 52.9 Å². The number of aryl methyl sites for hydroxylation is 2. The van der Waals surface area contributed by atoms with E-state index in [1.807, 2.05) is 61.7 Å². The maximum Gasteiger partial charge on any atom is 0.259 e. The van der Waals surface area contributed by atoms with E-state index in [1.54, 1.807) is 11.3 Å². The van der Waals surface area contributed by atoms with Gasteiger partial charge in [0.15, 0.2) is 11.0 Å². The number of allylic oxidation sites excluding steroid dienone is 1. The molecule has 0 aliphatic heterocycles. The molecule has 4 rings (SSSR count). The average Bonchev–Trinajstić information content (AvgIpc) is 3.23. The molecule has 8 heteroatoms. The predicted octanol–water partition coefficient (Wildman–Crippen LogP) is 4.90. The molecular formula is C21H21N5OS2. The Morgan fingerprint density at radius 1 is 1.28 bits per heavy atom. The number of aromatic nitrogens is 5. The molecule has 0 aliphatic rings. The molecule has 148 valence electrons. The number of H-pyrrole nitrogens is 1. The average molecular weight is 424 g/mol. The van der Waals surface area contributed by atoms with Crippen molar-refractivity contribution in [2.24, 2.45) is 0 Å². The van der Waals surface area contributed by atoms with Gasteiger partial charge in [-0.3, -0.25) is 9.36 Å². The SMILES string of the molecule is C=CCn1c(SC(C)c2nc3sc(C)c(C)c3c(=O)[nH]2)nnc1-c1ccccc1. The number of aromatic amines is 1. The van der Waals surface area contributed by atoms with E-state index in [-0.39, 0.29) is 10.8 Å².